The van der Waals surface area contributed by atoms with Crippen LogP contribution in [-0.2, 0) is 17.0 Å². The maximum absolute atomic E-state index is 12.6. The van der Waals surface area contributed by atoms with Gasteiger partial charge < -0.3 is 14.4 Å². The van der Waals surface area contributed by atoms with Crippen molar-refractivity contribution in [3.8, 4) is 17.1 Å². The summed E-state index contributed by atoms with van der Waals surface area (Å²) in [5.41, 5.74) is 2.76. The minimum Gasteiger partial charge on any atom is -0.497 e. The van der Waals surface area contributed by atoms with Gasteiger partial charge in [-0.15, -0.1) is 16.8 Å². The molecule has 32 heavy (non-hydrogen) atoms. The highest BCUT2D eigenvalue weighted by atomic mass is 32.2. The molecule has 0 bridgehead atoms. The lowest BCUT2D eigenvalue weighted by atomic mass is 10.1. The van der Waals surface area contributed by atoms with Crippen LogP contribution in [0.25, 0.3) is 11.4 Å². The number of ether oxygens (including phenoxy) is 2. The highest BCUT2D eigenvalue weighted by Gasteiger charge is 2.18. The Balaban J connectivity index is 1.45. The van der Waals surface area contributed by atoms with E-state index in [2.05, 4.69) is 16.8 Å². The Morgan fingerprint density at radius 1 is 1.19 bits per heavy atom. The van der Waals surface area contributed by atoms with Gasteiger partial charge in [-0.3, -0.25) is 9.36 Å². The number of aromatic nitrogens is 3. The quantitative estimate of drug-likeness (QED) is 0.383. The molecule has 8 heteroatoms. The molecule has 0 saturated carbocycles. The molecule has 1 aliphatic rings. The molecule has 3 aromatic rings. The molecule has 7 nitrogen and oxygen atoms in total. The predicted octanol–water partition coefficient (Wildman–Crippen LogP) is 3.90. The SMILES string of the molecule is C=CCn1c(SCc2ccc(C(=O)N3CCOCC3)cc2)nnc1-c1cccc(OC)c1. The molecule has 0 N–H and O–H groups in total. The van der Waals surface area contributed by atoms with E-state index in [1.807, 2.05) is 64.1 Å². The Hall–Kier alpha value is -3.10. The van der Waals surface area contributed by atoms with Crippen molar-refractivity contribution in [2.75, 3.05) is 33.4 Å². The van der Waals surface area contributed by atoms with Crippen molar-refractivity contribution in [1.29, 1.82) is 0 Å². The molecule has 0 aliphatic carbocycles. The monoisotopic (exact) mass is 450 g/mol. The van der Waals surface area contributed by atoms with Gasteiger partial charge in [0, 0.05) is 36.5 Å². The molecule has 1 aromatic heterocycles. The Bertz CT molecular complexity index is 1080. The normalized spacial score (nSPS) is 13.7. The summed E-state index contributed by atoms with van der Waals surface area (Å²) >= 11 is 1.61. The number of carbonyl (C=O) groups is 1. The number of benzene rings is 2. The predicted molar refractivity (Wildman–Crippen MR) is 125 cm³/mol. The largest absolute Gasteiger partial charge is 0.497 e. The number of nitrogens with zero attached hydrogens (tertiary/aromatic N) is 4. The molecule has 1 saturated heterocycles. The van der Waals surface area contributed by atoms with Gasteiger partial charge in [-0.05, 0) is 29.8 Å². The van der Waals surface area contributed by atoms with Crippen molar-refractivity contribution in [3.63, 3.8) is 0 Å². The lowest BCUT2D eigenvalue weighted by molar-refractivity contribution is 0.0303. The van der Waals surface area contributed by atoms with Crippen molar-refractivity contribution >= 4 is 17.7 Å². The van der Waals surface area contributed by atoms with Crippen LogP contribution >= 0.6 is 11.8 Å². The molecule has 0 spiro atoms. The second-order valence-electron chi connectivity index (χ2n) is 7.33. The van der Waals surface area contributed by atoms with Crippen LogP contribution in [0.15, 0.2) is 66.3 Å². The number of carbonyl (C=O) groups excluding carboxylic acids is 1. The maximum Gasteiger partial charge on any atom is 0.254 e. The Morgan fingerprint density at radius 3 is 2.69 bits per heavy atom. The first-order valence-corrected chi connectivity index (χ1v) is 11.5. The van der Waals surface area contributed by atoms with Gasteiger partial charge in [0.25, 0.3) is 5.91 Å². The summed E-state index contributed by atoms with van der Waals surface area (Å²) in [6.07, 6.45) is 1.84. The summed E-state index contributed by atoms with van der Waals surface area (Å²) in [5.74, 6) is 2.33. The van der Waals surface area contributed by atoms with E-state index in [-0.39, 0.29) is 5.91 Å². The number of hydrogen-bond donors (Lipinski definition) is 0. The average molecular weight is 451 g/mol. The standard InChI is InChI=1S/C24H26N4O3S/c1-3-11-28-22(20-5-4-6-21(16-20)30-2)25-26-24(28)32-17-18-7-9-19(10-8-18)23(29)27-12-14-31-15-13-27/h3-10,16H,1,11-15,17H2,2H3. The van der Waals surface area contributed by atoms with Gasteiger partial charge in [-0.25, -0.2) is 0 Å². The third kappa shape index (κ3) is 5.03. The average Bonchev–Trinajstić information content (AvgIpc) is 3.26. The number of allylic oxidation sites excluding steroid dienone is 1. The van der Waals surface area contributed by atoms with Crippen LogP contribution in [0.2, 0.25) is 0 Å². The number of amides is 1. The number of methoxy groups -OCH3 is 1. The summed E-state index contributed by atoms with van der Waals surface area (Å²) < 4.78 is 12.7. The van der Waals surface area contributed by atoms with E-state index >= 15 is 0 Å². The van der Waals surface area contributed by atoms with E-state index in [0.29, 0.717) is 38.4 Å². The van der Waals surface area contributed by atoms with Gasteiger partial charge in [0.15, 0.2) is 11.0 Å². The fourth-order valence-electron chi connectivity index (χ4n) is 3.51. The molecule has 0 radical (unpaired) electrons. The molecule has 1 amide bonds. The Labute approximate surface area is 192 Å². The Kier molecular flexibility index (Phi) is 7.24. The summed E-state index contributed by atoms with van der Waals surface area (Å²) in [6, 6.07) is 15.6. The fraction of sp³-hybridized carbons (Fsp3) is 0.292. The smallest absolute Gasteiger partial charge is 0.254 e. The molecular formula is C24H26N4O3S. The van der Waals surface area contributed by atoms with Crippen LogP contribution in [0.4, 0.5) is 0 Å². The Morgan fingerprint density at radius 2 is 1.97 bits per heavy atom. The van der Waals surface area contributed by atoms with Gasteiger partial charge in [-0.2, -0.15) is 0 Å². The van der Waals surface area contributed by atoms with Crippen molar-refractivity contribution in [1.82, 2.24) is 19.7 Å². The molecule has 0 unspecified atom stereocenters. The van der Waals surface area contributed by atoms with E-state index in [4.69, 9.17) is 9.47 Å². The van der Waals surface area contributed by atoms with Crippen LogP contribution in [0, 0.1) is 0 Å². The van der Waals surface area contributed by atoms with Crippen LogP contribution in [-0.4, -0.2) is 59.0 Å². The minimum atomic E-state index is 0.0566. The summed E-state index contributed by atoms with van der Waals surface area (Å²) in [7, 11) is 1.65. The van der Waals surface area contributed by atoms with Crippen LogP contribution < -0.4 is 4.74 Å². The van der Waals surface area contributed by atoms with E-state index in [9.17, 15) is 4.79 Å². The zero-order chi connectivity index (χ0) is 22.3. The molecule has 2 heterocycles. The van der Waals surface area contributed by atoms with Gasteiger partial charge in [0.2, 0.25) is 0 Å². The van der Waals surface area contributed by atoms with Gasteiger partial charge in [0.1, 0.15) is 5.75 Å². The second-order valence-corrected chi connectivity index (χ2v) is 8.27. The minimum absolute atomic E-state index is 0.0566. The van der Waals surface area contributed by atoms with Gasteiger partial charge in [-0.1, -0.05) is 42.1 Å². The number of thioether (sulfide) groups is 1. The highest BCUT2D eigenvalue weighted by molar-refractivity contribution is 7.98. The van der Waals surface area contributed by atoms with Crippen molar-refractivity contribution in [3.05, 3.63) is 72.3 Å². The molecular weight excluding hydrogens is 424 g/mol. The lowest BCUT2D eigenvalue weighted by Crippen LogP contribution is -2.40. The zero-order valence-electron chi connectivity index (χ0n) is 18.1. The topological polar surface area (TPSA) is 69.5 Å². The van der Waals surface area contributed by atoms with Crippen molar-refractivity contribution < 1.29 is 14.3 Å². The van der Waals surface area contributed by atoms with Crippen LogP contribution in [0.3, 0.4) is 0 Å². The number of hydrogen-bond acceptors (Lipinski definition) is 6. The van der Waals surface area contributed by atoms with Gasteiger partial charge >= 0.3 is 0 Å². The van der Waals surface area contributed by atoms with E-state index < -0.39 is 0 Å². The molecule has 0 atom stereocenters. The maximum atomic E-state index is 12.6. The van der Waals surface area contributed by atoms with E-state index in [1.165, 1.54) is 0 Å². The summed E-state index contributed by atoms with van der Waals surface area (Å²) in [5, 5.41) is 9.63. The van der Waals surface area contributed by atoms with E-state index in [0.717, 1.165) is 33.6 Å². The zero-order valence-corrected chi connectivity index (χ0v) is 18.9. The molecule has 1 aliphatic heterocycles. The third-order valence-corrected chi connectivity index (χ3v) is 6.26. The van der Waals surface area contributed by atoms with Crippen molar-refractivity contribution in [2.24, 2.45) is 0 Å². The first-order chi connectivity index (χ1) is 15.7. The number of morpholine rings is 1. The summed E-state index contributed by atoms with van der Waals surface area (Å²) in [4.78, 5) is 14.5. The highest BCUT2D eigenvalue weighted by Crippen LogP contribution is 2.28. The van der Waals surface area contributed by atoms with Crippen molar-refractivity contribution in [2.45, 2.75) is 17.5 Å². The first-order valence-electron chi connectivity index (χ1n) is 10.5. The first kappa shape index (κ1) is 22.1. The molecule has 2 aromatic carbocycles. The van der Waals surface area contributed by atoms with Gasteiger partial charge in [0.05, 0.1) is 20.3 Å². The third-order valence-electron chi connectivity index (χ3n) is 5.22. The second kappa shape index (κ2) is 10.5. The number of rotatable bonds is 8. The lowest BCUT2D eigenvalue weighted by Gasteiger charge is -2.26. The van der Waals surface area contributed by atoms with Crippen LogP contribution in [0.1, 0.15) is 15.9 Å². The molecule has 4 rings (SSSR count). The van der Waals surface area contributed by atoms with Crippen LogP contribution in [0.5, 0.6) is 5.75 Å². The van der Waals surface area contributed by atoms with E-state index in [1.54, 1.807) is 18.9 Å². The summed E-state index contributed by atoms with van der Waals surface area (Å²) in [6.45, 7) is 6.97. The molecule has 166 valence electrons. The fourth-order valence-corrected chi connectivity index (χ4v) is 4.41. The molecule has 1 fully saturated rings.